The molecule has 0 bridgehead atoms. The number of rotatable bonds is 3. The number of piperidine rings is 1. The fourth-order valence-electron chi connectivity index (χ4n) is 4.39. The Hall–Kier alpha value is -1.48. The zero-order valence-corrected chi connectivity index (χ0v) is 16.6. The standard InChI is InChI=1S/C19H27N3O4S/c1-13-11-22(7-9-25-13)18(24)16-10-14-15(27-16)2-8-26-19(14)3-5-21(6-4-19)12-17(20)23/h10,13H,2-9,11-12H2,1H3,(H2,20,23)/t13-/m0/s1. The van der Waals surface area contributed by atoms with Crippen LogP contribution in [0.1, 0.15) is 39.9 Å². The summed E-state index contributed by atoms with van der Waals surface area (Å²) in [5.74, 6) is -0.190. The van der Waals surface area contributed by atoms with E-state index in [2.05, 4.69) is 11.0 Å². The van der Waals surface area contributed by atoms with E-state index < -0.39 is 0 Å². The van der Waals surface area contributed by atoms with Crippen molar-refractivity contribution in [3.63, 3.8) is 0 Å². The van der Waals surface area contributed by atoms with Crippen LogP contribution in [0.4, 0.5) is 0 Å². The number of fused-ring (bicyclic) bond motifs is 2. The van der Waals surface area contributed by atoms with Gasteiger partial charge < -0.3 is 20.1 Å². The lowest BCUT2D eigenvalue weighted by Gasteiger charge is -2.43. The van der Waals surface area contributed by atoms with E-state index in [4.69, 9.17) is 15.2 Å². The van der Waals surface area contributed by atoms with Crippen molar-refractivity contribution >= 4 is 23.2 Å². The van der Waals surface area contributed by atoms with Crippen LogP contribution in [0, 0.1) is 0 Å². The molecule has 27 heavy (non-hydrogen) atoms. The Morgan fingerprint density at radius 2 is 2.07 bits per heavy atom. The minimum absolute atomic E-state index is 0.0848. The lowest BCUT2D eigenvalue weighted by atomic mass is 9.82. The Bertz CT molecular complexity index is 727. The molecule has 0 saturated carbocycles. The number of thiophene rings is 1. The molecule has 3 aliphatic heterocycles. The van der Waals surface area contributed by atoms with Crippen molar-refractivity contribution in [2.24, 2.45) is 5.73 Å². The second-order valence-corrected chi connectivity index (χ2v) is 8.85. The van der Waals surface area contributed by atoms with Gasteiger partial charge >= 0.3 is 0 Å². The number of ether oxygens (including phenoxy) is 2. The number of hydrogen-bond donors (Lipinski definition) is 1. The second kappa shape index (κ2) is 7.50. The molecule has 1 atom stereocenters. The second-order valence-electron chi connectivity index (χ2n) is 7.72. The maximum atomic E-state index is 13.0. The van der Waals surface area contributed by atoms with E-state index in [1.165, 1.54) is 10.4 Å². The van der Waals surface area contributed by atoms with Gasteiger partial charge in [0, 0.05) is 37.5 Å². The summed E-state index contributed by atoms with van der Waals surface area (Å²) in [4.78, 5) is 30.2. The number of hydrogen-bond acceptors (Lipinski definition) is 6. The molecule has 1 aromatic rings. The molecule has 0 unspecified atom stereocenters. The average molecular weight is 394 g/mol. The molecule has 1 aromatic heterocycles. The van der Waals surface area contributed by atoms with Gasteiger partial charge in [0.05, 0.1) is 36.3 Å². The summed E-state index contributed by atoms with van der Waals surface area (Å²) in [5, 5.41) is 0. The van der Waals surface area contributed by atoms with E-state index >= 15 is 0 Å². The maximum Gasteiger partial charge on any atom is 0.264 e. The summed E-state index contributed by atoms with van der Waals surface area (Å²) in [6.45, 7) is 6.44. The normalized spacial score (nSPS) is 25.4. The average Bonchev–Trinajstić information content (AvgIpc) is 3.09. The highest BCUT2D eigenvalue weighted by atomic mass is 32.1. The zero-order valence-electron chi connectivity index (χ0n) is 15.7. The molecule has 2 saturated heterocycles. The zero-order chi connectivity index (χ0) is 19.0. The molecule has 2 fully saturated rings. The predicted molar refractivity (Wildman–Crippen MR) is 102 cm³/mol. The number of carbonyl (C=O) groups is 2. The number of likely N-dealkylation sites (tertiary alicyclic amines) is 1. The van der Waals surface area contributed by atoms with Gasteiger partial charge in [0.25, 0.3) is 5.91 Å². The molecule has 2 N–H and O–H groups in total. The Morgan fingerprint density at radius 1 is 1.30 bits per heavy atom. The SMILES string of the molecule is C[C@H]1CN(C(=O)c2cc3c(s2)CCOC32CCN(CC(N)=O)CC2)CCO1. The molecule has 3 aliphatic rings. The first-order chi connectivity index (χ1) is 13.0. The van der Waals surface area contributed by atoms with Gasteiger partial charge in [-0.25, -0.2) is 0 Å². The van der Waals surface area contributed by atoms with E-state index in [9.17, 15) is 9.59 Å². The van der Waals surface area contributed by atoms with Gasteiger partial charge in [-0.3, -0.25) is 14.5 Å². The van der Waals surface area contributed by atoms with Crippen molar-refractivity contribution < 1.29 is 19.1 Å². The molecule has 8 heteroatoms. The van der Waals surface area contributed by atoms with Gasteiger partial charge in [0.2, 0.25) is 5.91 Å². The Balaban J connectivity index is 1.52. The molecule has 0 radical (unpaired) electrons. The van der Waals surface area contributed by atoms with Crippen LogP contribution in [0.2, 0.25) is 0 Å². The third-order valence-electron chi connectivity index (χ3n) is 5.79. The lowest BCUT2D eigenvalue weighted by Crippen LogP contribution is -2.48. The van der Waals surface area contributed by atoms with Gasteiger partial charge in [-0.15, -0.1) is 11.3 Å². The van der Waals surface area contributed by atoms with Crippen LogP contribution in [-0.2, 0) is 26.3 Å². The molecule has 7 nitrogen and oxygen atoms in total. The van der Waals surface area contributed by atoms with Gasteiger partial charge in [0.1, 0.15) is 0 Å². The molecule has 4 rings (SSSR count). The van der Waals surface area contributed by atoms with Gasteiger partial charge in [0.15, 0.2) is 0 Å². The van der Waals surface area contributed by atoms with E-state index in [1.807, 2.05) is 11.8 Å². The quantitative estimate of drug-likeness (QED) is 0.827. The highest BCUT2D eigenvalue weighted by Crippen LogP contribution is 2.44. The number of carbonyl (C=O) groups excluding carboxylic acids is 2. The van der Waals surface area contributed by atoms with Crippen molar-refractivity contribution in [1.29, 1.82) is 0 Å². The largest absolute Gasteiger partial charge is 0.375 e. The number of nitrogens with zero attached hydrogens (tertiary/aromatic N) is 2. The highest BCUT2D eigenvalue weighted by molar-refractivity contribution is 7.14. The molecule has 148 valence electrons. The van der Waals surface area contributed by atoms with E-state index in [0.717, 1.165) is 37.2 Å². The van der Waals surface area contributed by atoms with Gasteiger partial charge in [-0.2, -0.15) is 0 Å². The Morgan fingerprint density at radius 3 is 2.78 bits per heavy atom. The van der Waals surface area contributed by atoms with Gasteiger partial charge in [-0.1, -0.05) is 0 Å². The van der Waals surface area contributed by atoms with E-state index in [0.29, 0.717) is 32.8 Å². The minimum Gasteiger partial charge on any atom is -0.375 e. The Kier molecular flexibility index (Phi) is 5.24. The van der Waals surface area contributed by atoms with Crippen LogP contribution in [0.15, 0.2) is 6.07 Å². The van der Waals surface area contributed by atoms with Crippen LogP contribution in [0.5, 0.6) is 0 Å². The van der Waals surface area contributed by atoms with E-state index in [-0.39, 0.29) is 23.5 Å². The summed E-state index contributed by atoms with van der Waals surface area (Å²) in [6, 6.07) is 2.06. The summed E-state index contributed by atoms with van der Waals surface area (Å²) in [6.07, 6.45) is 2.60. The van der Waals surface area contributed by atoms with E-state index in [1.54, 1.807) is 11.3 Å². The van der Waals surface area contributed by atoms with Crippen LogP contribution in [0.3, 0.4) is 0 Å². The van der Waals surface area contributed by atoms with Crippen LogP contribution < -0.4 is 5.73 Å². The van der Waals surface area contributed by atoms with Crippen LogP contribution in [-0.4, -0.2) is 73.7 Å². The fraction of sp³-hybridized carbons (Fsp3) is 0.684. The van der Waals surface area contributed by atoms with Crippen molar-refractivity contribution in [3.8, 4) is 0 Å². The molecular weight excluding hydrogens is 366 g/mol. The molecular formula is C19H27N3O4S. The van der Waals surface area contributed by atoms with Crippen molar-refractivity contribution in [3.05, 3.63) is 21.4 Å². The first kappa shape index (κ1) is 18.9. The van der Waals surface area contributed by atoms with Crippen LogP contribution >= 0.6 is 11.3 Å². The summed E-state index contributed by atoms with van der Waals surface area (Å²) in [5.41, 5.74) is 6.18. The highest BCUT2D eigenvalue weighted by Gasteiger charge is 2.42. The number of morpholine rings is 1. The molecule has 1 spiro atoms. The van der Waals surface area contributed by atoms with Gasteiger partial charge in [-0.05, 0) is 31.4 Å². The molecule has 2 amide bonds. The molecule has 0 aliphatic carbocycles. The minimum atomic E-state index is -0.324. The monoisotopic (exact) mass is 393 g/mol. The van der Waals surface area contributed by atoms with Crippen molar-refractivity contribution in [2.45, 2.75) is 37.9 Å². The van der Waals surface area contributed by atoms with Crippen LogP contribution in [0.25, 0.3) is 0 Å². The van der Waals surface area contributed by atoms with Crippen molar-refractivity contribution in [2.75, 3.05) is 45.9 Å². The first-order valence-corrected chi connectivity index (χ1v) is 10.5. The fourth-order valence-corrected chi connectivity index (χ4v) is 5.59. The third kappa shape index (κ3) is 3.76. The Labute approximate surface area is 163 Å². The topological polar surface area (TPSA) is 85.1 Å². The van der Waals surface area contributed by atoms with Crippen molar-refractivity contribution in [1.82, 2.24) is 9.80 Å². The summed E-state index contributed by atoms with van der Waals surface area (Å²) >= 11 is 1.62. The number of amides is 2. The number of primary amides is 1. The molecule has 0 aromatic carbocycles. The smallest absolute Gasteiger partial charge is 0.264 e. The maximum absolute atomic E-state index is 13.0. The molecule has 4 heterocycles. The first-order valence-electron chi connectivity index (χ1n) is 9.65. The number of nitrogens with two attached hydrogens (primary N) is 1. The predicted octanol–water partition coefficient (Wildman–Crippen LogP) is 0.958. The summed E-state index contributed by atoms with van der Waals surface area (Å²) < 4.78 is 11.8. The lowest BCUT2D eigenvalue weighted by molar-refractivity contribution is -0.123. The summed E-state index contributed by atoms with van der Waals surface area (Å²) in [7, 11) is 0. The third-order valence-corrected chi connectivity index (χ3v) is 6.97.